The summed E-state index contributed by atoms with van der Waals surface area (Å²) < 4.78 is 74.0. The van der Waals surface area contributed by atoms with Gasteiger partial charge >= 0.3 is 12.1 Å². The van der Waals surface area contributed by atoms with E-state index < -0.39 is 38.2 Å². The number of halogens is 4. The van der Waals surface area contributed by atoms with Crippen molar-refractivity contribution in [2.45, 2.75) is 24.9 Å². The number of sulfone groups is 1. The molecule has 27 heavy (non-hydrogen) atoms. The Morgan fingerprint density at radius 2 is 1.78 bits per heavy atom. The first-order valence-corrected chi connectivity index (χ1v) is 9.57. The van der Waals surface area contributed by atoms with E-state index in [0.29, 0.717) is 6.07 Å². The quantitative estimate of drug-likeness (QED) is 0.508. The zero-order valence-corrected chi connectivity index (χ0v) is 15.7. The number of hydrogen-bond donors (Lipinski definition) is 0. The normalized spacial score (nSPS) is 11.9. The molecule has 0 saturated heterocycles. The van der Waals surface area contributed by atoms with Gasteiger partial charge in [0.25, 0.3) is 0 Å². The number of esters is 1. The van der Waals surface area contributed by atoms with Crippen LogP contribution in [0.3, 0.4) is 0 Å². The van der Waals surface area contributed by atoms with Crippen LogP contribution in [-0.2, 0) is 20.8 Å². The third-order valence-corrected chi connectivity index (χ3v) is 5.42. The Labute approximate surface area is 158 Å². The van der Waals surface area contributed by atoms with Crippen LogP contribution in [0.1, 0.15) is 19.4 Å². The van der Waals surface area contributed by atoms with Crippen LogP contribution in [0, 0.1) is 0 Å². The molecule has 0 aliphatic rings. The Kier molecular flexibility index (Phi) is 6.06. The number of ether oxygens (including phenoxy) is 2. The van der Waals surface area contributed by atoms with E-state index in [1.807, 2.05) is 0 Å². The number of hydrogen-bond acceptors (Lipinski definition) is 5. The van der Waals surface area contributed by atoms with Crippen molar-refractivity contribution in [1.82, 2.24) is 0 Å². The van der Waals surface area contributed by atoms with E-state index in [0.717, 1.165) is 25.1 Å². The summed E-state index contributed by atoms with van der Waals surface area (Å²) in [5, 5.41) is -0.0238. The summed E-state index contributed by atoms with van der Waals surface area (Å²) in [6, 6.07) is 6.22. The van der Waals surface area contributed by atoms with Crippen LogP contribution in [0.25, 0.3) is 0 Å². The second-order valence-electron chi connectivity index (χ2n) is 5.35. The van der Waals surface area contributed by atoms with Gasteiger partial charge in [0, 0.05) is 13.0 Å². The molecule has 10 heteroatoms. The van der Waals surface area contributed by atoms with E-state index in [1.54, 1.807) is 0 Å². The Morgan fingerprint density at radius 1 is 1.11 bits per heavy atom. The van der Waals surface area contributed by atoms with E-state index in [9.17, 15) is 26.4 Å². The van der Waals surface area contributed by atoms with Gasteiger partial charge in [0.1, 0.15) is 17.2 Å². The Morgan fingerprint density at radius 3 is 2.33 bits per heavy atom. The van der Waals surface area contributed by atoms with Gasteiger partial charge in [0.15, 0.2) is 9.84 Å². The SMILES string of the molecule is CCS(=O)(=O)c1ccc(Oc2cc(OC(C)=O)ccc2Cl)c(C(F)(F)F)c1. The third kappa shape index (κ3) is 5.14. The maximum atomic E-state index is 13.4. The topological polar surface area (TPSA) is 69.7 Å². The van der Waals surface area contributed by atoms with E-state index in [2.05, 4.69) is 0 Å². The lowest BCUT2D eigenvalue weighted by Crippen LogP contribution is -2.11. The number of rotatable bonds is 5. The van der Waals surface area contributed by atoms with E-state index >= 15 is 0 Å². The molecular formula is C17H14ClF3O5S. The molecule has 2 aromatic rings. The summed E-state index contributed by atoms with van der Waals surface area (Å²) in [6.07, 6.45) is -4.87. The maximum Gasteiger partial charge on any atom is 0.420 e. The largest absolute Gasteiger partial charge is 0.455 e. The highest BCUT2D eigenvalue weighted by molar-refractivity contribution is 7.91. The van der Waals surface area contributed by atoms with Crippen molar-refractivity contribution in [3.8, 4) is 17.2 Å². The molecule has 0 aliphatic heterocycles. The van der Waals surface area contributed by atoms with Crippen LogP contribution in [0.4, 0.5) is 13.2 Å². The molecule has 0 spiro atoms. The zero-order valence-electron chi connectivity index (χ0n) is 14.1. The first-order chi connectivity index (χ1) is 12.4. The van der Waals surface area contributed by atoms with Crippen LogP contribution in [0.15, 0.2) is 41.3 Å². The molecule has 0 unspecified atom stereocenters. The van der Waals surface area contributed by atoms with Crippen molar-refractivity contribution < 1.29 is 35.9 Å². The number of carbonyl (C=O) groups excluding carboxylic acids is 1. The fourth-order valence-corrected chi connectivity index (χ4v) is 3.15. The molecule has 0 saturated carbocycles. The summed E-state index contributed by atoms with van der Waals surface area (Å²) in [5.41, 5.74) is -1.27. The molecule has 2 aromatic carbocycles. The molecule has 0 fully saturated rings. The van der Waals surface area contributed by atoms with Gasteiger partial charge in [-0.15, -0.1) is 0 Å². The molecule has 0 atom stereocenters. The second kappa shape index (κ2) is 7.77. The Balaban J connectivity index is 2.52. The van der Waals surface area contributed by atoms with Gasteiger partial charge in [-0.2, -0.15) is 13.2 Å². The molecule has 0 aliphatic carbocycles. The number of carbonyl (C=O) groups is 1. The summed E-state index contributed by atoms with van der Waals surface area (Å²) in [5.74, 6) is -1.78. The van der Waals surface area contributed by atoms with Crippen LogP contribution in [-0.4, -0.2) is 20.1 Å². The van der Waals surface area contributed by atoms with Gasteiger partial charge in [-0.1, -0.05) is 18.5 Å². The number of benzene rings is 2. The molecular weight excluding hydrogens is 409 g/mol. The van der Waals surface area contributed by atoms with Gasteiger partial charge in [-0.3, -0.25) is 4.79 Å². The maximum absolute atomic E-state index is 13.4. The Bertz CT molecular complexity index is 971. The lowest BCUT2D eigenvalue weighted by atomic mass is 10.2. The fraction of sp³-hybridized carbons (Fsp3) is 0.235. The minimum atomic E-state index is -4.87. The fourth-order valence-electron chi connectivity index (χ4n) is 2.09. The van der Waals surface area contributed by atoms with Crippen LogP contribution < -0.4 is 9.47 Å². The predicted molar refractivity (Wildman–Crippen MR) is 92.0 cm³/mol. The number of alkyl halides is 3. The molecule has 0 amide bonds. The van der Waals surface area contributed by atoms with Crippen molar-refractivity contribution in [2.75, 3.05) is 5.75 Å². The van der Waals surface area contributed by atoms with Gasteiger partial charge < -0.3 is 9.47 Å². The predicted octanol–water partition coefficient (Wildman–Crippen LogP) is 4.87. The highest BCUT2D eigenvalue weighted by atomic mass is 35.5. The molecule has 2 rings (SSSR count). The van der Waals surface area contributed by atoms with E-state index in [1.165, 1.54) is 19.1 Å². The van der Waals surface area contributed by atoms with E-state index in [4.69, 9.17) is 21.1 Å². The summed E-state index contributed by atoms with van der Waals surface area (Å²) in [4.78, 5) is 10.5. The lowest BCUT2D eigenvalue weighted by molar-refractivity contribution is -0.138. The van der Waals surface area contributed by atoms with Gasteiger partial charge in [0.05, 0.1) is 21.2 Å². The van der Waals surface area contributed by atoms with E-state index in [-0.39, 0.29) is 22.3 Å². The first-order valence-electron chi connectivity index (χ1n) is 7.54. The minimum absolute atomic E-state index is 0.0238. The molecule has 0 N–H and O–H groups in total. The lowest BCUT2D eigenvalue weighted by Gasteiger charge is -2.16. The third-order valence-electron chi connectivity index (χ3n) is 3.38. The highest BCUT2D eigenvalue weighted by Crippen LogP contribution is 2.41. The van der Waals surface area contributed by atoms with Crippen LogP contribution >= 0.6 is 11.6 Å². The van der Waals surface area contributed by atoms with Crippen molar-refractivity contribution in [1.29, 1.82) is 0 Å². The Hall–Kier alpha value is -2.26. The standard InChI is InChI=1S/C17H14ClF3O5S/c1-3-27(23,24)12-5-7-15(13(9-12)17(19,20)21)26-16-8-11(25-10(2)22)4-6-14(16)18/h4-9H,3H2,1-2H3. The van der Waals surface area contributed by atoms with Crippen molar-refractivity contribution in [3.63, 3.8) is 0 Å². The summed E-state index contributed by atoms with van der Waals surface area (Å²) in [7, 11) is -3.84. The molecule has 0 heterocycles. The first kappa shape index (κ1) is 21.0. The summed E-state index contributed by atoms with van der Waals surface area (Å²) in [6.45, 7) is 2.48. The average molecular weight is 423 g/mol. The monoisotopic (exact) mass is 422 g/mol. The van der Waals surface area contributed by atoms with Crippen LogP contribution in [0.2, 0.25) is 5.02 Å². The second-order valence-corrected chi connectivity index (χ2v) is 8.03. The average Bonchev–Trinajstić information content (AvgIpc) is 2.56. The summed E-state index contributed by atoms with van der Waals surface area (Å²) >= 11 is 5.93. The van der Waals surface area contributed by atoms with Gasteiger partial charge in [0.2, 0.25) is 0 Å². The molecule has 5 nitrogen and oxygen atoms in total. The molecule has 0 aromatic heterocycles. The molecule has 0 radical (unpaired) electrons. The smallest absolute Gasteiger partial charge is 0.420 e. The van der Waals surface area contributed by atoms with Gasteiger partial charge in [-0.25, -0.2) is 8.42 Å². The van der Waals surface area contributed by atoms with Crippen LogP contribution in [0.5, 0.6) is 17.2 Å². The van der Waals surface area contributed by atoms with Gasteiger partial charge in [-0.05, 0) is 30.3 Å². The minimum Gasteiger partial charge on any atom is -0.455 e. The van der Waals surface area contributed by atoms with Crippen molar-refractivity contribution in [2.24, 2.45) is 0 Å². The van der Waals surface area contributed by atoms with Crippen molar-refractivity contribution in [3.05, 3.63) is 47.0 Å². The van der Waals surface area contributed by atoms with Crippen molar-refractivity contribution >= 4 is 27.4 Å². The molecule has 146 valence electrons. The zero-order chi connectivity index (χ0) is 20.4. The molecule has 0 bridgehead atoms. The highest BCUT2D eigenvalue weighted by Gasteiger charge is 2.36.